The lowest BCUT2D eigenvalue weighted by Gasteiger charge is -2.23. The number of likely N-dealkylation sites (tertiary alicyclic amines) is 1. The molecule has 1 aromatic carbocycles. The predicted octanol–water partition coefficient (Wildman–Crippen LogP) is 2.50. The molecule has 3 unspecified atom stereocenters. The minimum Gasteiger partial charge on any atom is -0.340 e. The van der Waals surface area contributed by atoms with Crippen LogP contribution in [0.5, 0.6) is 0 Å². The molecule has 1 aliphatic heterocycles. The van der Waals surface area contributed by atoms with E-state index in [2.05, 4.69) is 20.8 Å². The number of carbonyl (C=O) groups excluding carboxylic acids is 1. The van der Waals surface area contributed by atoms with Gasteiger partial charge in [0.2, 0.25) is 5.91 Å². The monoisotopic (exact) mass is 401 g/mol. The van der Waals surface area contributed by atoms with Crippen LogP contribution >= 0.6 is 28.3 Å². The number of nitrogens with zero attached hydrogens (tertiary/aromatic N) is 2. The zero-order chi connectivity index (χ0) is 15.7. The Hall–Kier alpha value is -0.620. The Labute approximate surface area is 152 Å². The summed E-state index contributed by atoms with van der Waals surface area (Å²) in [5.74, 6) is 1.49. The number of likely N-dealkylation sites (N-methyl/N-ethyl adjacent to an activating group) is 1. The average molecular weight is 403 g/mol. The van der Waals surface area contributed by atoms with Crippen LogP contribution in [0, 0.1) is 11.8 Å². The molecule has 0 spiro atoms. The lowest BCUT2D eigenvalue weighted by atomic mass is 9.98. The first kappa shape index (κ1) is 18.7. The maximum absolute atomic E-state index is 12.5. The van der Waals surface area contributed by atoms with Crippen LogP contribution in [0.1, 0.15) is 18.4 Å². The summed E-state index contributed by atoms with van der Waals surface area (Å²) in [4.78, 5) is 16.6. The first-order valence-electron chi connectivity index (χ1n) is 8.00. The van der Waals surface area contributed by atoms with Gasteiger partial charge in [-0.3, -0.25) is 9.69 Å². The largest absolute Gasteiger partial charge is 0.340 e. The number of hydrogen-bond acceptors (Lipinski definition) is 3. The van der Waals surface area contributed by atoms with Crippen molar-refractivity contribution in [3.63, 3.8) is 0 Å². The number of amides is 1. The van der Waals surface area contributed by atoms with Crippen molar-refractivity contribution in [2.24, 2.45) is 17.6 Å². The highest BCUT2D eigenvalue weighted by Crippen LogP contribution is 2.36. The van der Waals surface area contributed by atoms with Crippen LogP contribution in [0.2, 0.25) is 0 Å². The average Bonchev–Trinajstić information content (AvgIpc) is 3.03. The highest BCUT2D eigenvalue weighted by Gasteiger charge is 2.41. The summed E-state index contributed by atoms with van der Waals surface area (Å²) in [6.45, 7) is 3.18. The molecule has 1 aliphatic carbocycles. The van der Waals surface area contributed by atoms with E-state index in [1.807, 2.05) is 36.2 Å². The SMILES string of the molecule is CN(Cc1ccccc1Br)C(=O)CN1CC2CCC(N)C2C1.Cl. The summed E-state index contributed by atoms with van der Waals surface area (Å²) >= 11 is 3.54. The van der Waals surface area contributed by atoms with Gasteiger partial charge in [0.15, 0.2) is 0 Å². The fourth-order valence-electron chi connectivity index (χ4n) is 3.81. The van der Waals surface area contributed by atoms with E-state index in [1.165, 1.54) is 6.42 Å². The molecule has 4 nitrogen and oxygen atoms in total. The molecule has 3 rings (SSSR count). The van der Waals surface area contributed by atoms with Crippen LogP contribution in [0.15, 0.2) is 28.7 Å². The number of hydrogen-bond donors (Lipinski definition) is 1. The molecule has 1 heterocycles. The number of benzene rings is 1. The molecule has 1 aromatic rings. The van der Waals surface area contributed by atoms with E-state index in [9.17, 15) is 4.79 Å². The third-order valence-electron chi connectivity index (χ3n) is 5.14. The maximum Gasteiger partial charge on any atom is 0.236 e. The van der Waals surface area contributed by atoms with Crippen molar-refractivity contribution in [1.82, 2.24) is 9.80 Å². The molecule has 1 amide bonds. The first-order valence-corrected chi connectivity index (χ1v) is 8.79. The Morgan fingerprint density at radius 2 is 2.09 bits per heavy atom. The van der Waals surface area contributed by atoms with E-state index >= 15 is 0 Å². The van der Waals surface area contributed by atoms with Gasteiger partial charge in [-0.25, -0.2) is 0 Å². The molecule has 6 heteroatoms. The lowest BCUT2D eigenvalue weighted by molar-refractivity contribution is -0.131. The van der Waals surface area contributed by atoms with Gasteiger partial charge in [0.05, 0.1) is 6.54 Å². The van der Waals surface area contributed by atoms with Crippen LogP contribution < -0.4 is 5.73 Å². The highest BCUT2D eigenvalue weighted by atomic mass is 79.9. The quantitative estimate of drug-likeness (QED) is 0.842. The molecular weight excluding hydrogens is 378 g/mol. The molecule has 2 N–H and O–H groups in total. The van der Waals surface area contributed by atoms with Gasteiger partial charge in [-0.2, -0.15) is 0 Å². The number of nitrogens with two attached hydrogens (primary N) is 1. The second-order valence-electron chi connectivity index (χ2n) is 6.70. The second kappa shape index (κ2) is 7.97. The number of rotatable bonds is 4. The van der Waals surface area contributed by atoms with Gasteiger partial charge in [0.25, 0.3) is 0 Å². The standard InChI is InChI=1S/C17H24BrN3O.ClH/c1-20(8-13-4-2-3-5-15(13)18)17(22)11-21-9-12-6-7-16(19)14(12)10-21;/h2-5,12,14,16H,6-11,19H2,1H3;1H. The fourth-order valence-corrected chi connectivity index (χ4v) is 4.22. The molecule has 0 bridgehead atoms. The lowest BCUT2D eigenvalue weighted by Crippen LogP contribution is -2.38. The van der Waals surface area contributed by atoms with E-state index in [0.717, 1.165) is 29.5 Å². The number of carbonyl (C=O) groups is 1. The zero-order valence-electron chi connectivity index (χ0n) is 13.5. The van der Waals surface area contributed by atoms with E-state index in [0.29, 0.717) is 31.0 Å². The Balaban J connectivity index is 0.00000192. The van der Waals surface area contributed by atoms with E-state index in [-0.39, 0.29) is 18.3 Å². The van der Waals surface area contributed by atoms with Gasteiger partial charge in [-0.15, -0.1) is 12.4 Å². The fraction of sp³-hybridized carbons (Fsp3) is 0.588. The van der Waals surface area contributed by atoms with Gasteiger partial charge >= 0.3 is 0 Å². The van der Waals surface area contributed by atoms with E-state index in [1.54, 1.807) is 0 Å². The Kier molecular flexibility index (Phi) is 6.48. The van der Waals surface area contributed by atoms with Crippen molar-refractivity contribution in [2.45, 2.75) is 25.4 Å². The first-order chi connectivity index (χ1) is 10.5. The zero-order valence-corrected chi connectivity index (χ0v) is 15.9. The molecule has 128 valence electrons. The summed E-state index contributed by atoms with van der Waals surface area (Å²) in [6.07, 6.45) is 2.38. The van der Waals surface area contributed by atoms with Crippen LogP contribution in [-0.2, 0) is 11.3 Å². The molecule has 23 heavy (non-hydrogen) atoms. The predicted molar refractivity (Wildman–Crippen MR) is 98.5 cm³/mol. The van der Waals surface area contributed by atoms with Crippen molar-refractivity contribution >= 4 is 34.2 Å². The van der Waals surface area contributed by atoms with Crippen molar-refractivity contribution < 1.29 is 4.79 Å². The molecule has 0 radical (unpaired) electrons. The van der Waals surface area contributed by atoms with Gasteiger partial charge in [-0.05, 0) is 36.3 Å². The van der Waals surface area contributed by atoms with Crippen LogP contribution in [0.4, 0.5) is 0 Å². The summed E-state index contributed by atoms with van der Waals surface area (Å²) in [5.41, 5.74) is 7.30. The molecule has 0 aromatic heterocycles. The molecule has 1 saturated heterocycles. The van der Waals surface area contributed by atoms with Crippen molar-refractivity contribution in [3.8, 4) is 0 Å². The van der Waals surface area contributed by atoms with E-state index < -0.39 is 0 Å². The van der Waals surface area contributed by atoms with Gasteiger partial charge in [-0.1, -0.05) is 34.1 Å². The second-order valence-corrected chi connectivity index (χ2v) is 7.55. The molecule has 3 atom stereocenters. The van der Waals surface area contributed by atoms with Gasteiger partial charge in [0.1, 0.15) is 0 Å². The number of halogens is 2. The Morgan fingerprint density at radius 3 is 2.78 bits per heavy atom. The highest BCUT2D eigenvalue weighted by molar-refractivity contribution is 9.10. The van der Waals surface area contributed by atoms with E-state index in [4.69, 9.17) is 5.73 Å². The minimum atomic E-state index is 0. The normalized spacial score (nSPS) is 26.7. The van der Waals surface area contributed by atoms with Crippen molar-refractivity contribution in [3.05, 3.63) is 34.3 Å². The smallest absolute Gasteiger partial charge is 0.236 e. The molecule has 2 fully saturated rings. The summed E-state index contributed by atoms with van der Waals surface area (Å²) in [5, 5.41) is 0. The molecule has 2 aliphatic rings. The van der Waals surface area contributed by atoms with Crippen LogP contribution in [0.3, 0.4) is 0 Å². The van der Waals surface area contributed by atoms with Crippen molar-refractivity contribution in [1.29, 1.82) is 0 Å². The van der Waals surface area contributed by atoms with Crippen LogP contribution in [0.25, 0.3) is 0 Å². The summed E-state index contributed by atoms with van der Waals surface area (Å²) in [7, 11) is 1.88. The van der Waals surface area contributed by atoms with Gasteiger partial charge in [0, 0.05) is 37.2 Å². The topological polar surface area (TPSA) is 49.6 Å². The summed E-state index contributed by atoms with van der Waals surface area (Å²) in [6, 6.07) is 8.38. The maximum atomic E-state index is 12.5. The summed E-state index contributed by atoms with van der Waals surface area (Å²) < 4.78 is 1.05. The third-order valence-corrected chi connectivity index (χ3v) is 5.91. The van der Waals surface area contributed by atoms with Crippen LogP contribution in [-0.4, -0.2) is 48.4 Å². The third kappa shape index (κ3) is 4.27. The van der Waals surface area contributed by atoms with Crippen molar-refractivity contribution in [2.75, 3.05) is 26.7 Å². The Morgan fingerprint density at radius 1 is 1.35 bits per heavy atom. The molecular formula is C17H25BrClN3O. The Bertz CT molecular complexity index is 556. The number of fused-ring (bicyclic) bond motifs is 1. The minimum absolute atomic E-state index is 0. The molecule has 1 saturated carbocycles. The van der Waals surface area contributed by atoms with Gasteiger partial charge < -0.3 is 10.6 Å².